The number of aromatic nitrogens is 1. The van der Waals surface area contributed by atoms with Crippen LogP contribution in [-0.2, 0) is 0 Å². The van der Waals surface area contributed by atoms with Gasteiger partial charge in [-0.15, -0.1) is 0 Å². The molecule has 1 fully saturated rings. The lowest BCUT2D eigenvalue weighted by atomic mass is 10.0. The molecule has 2 aromatic rings. The van der Waals surface area contributed by atoms with Crippen molar-refractivity contribution in [2.75, 3.05) is 6.54 Å². The summed E-state index contributed by atoms with van der Waals surface area (Å²) < 4.78 is 13.1. The number of aryl methyl sites for hydroxylation is 2. The molecule has 1 aromatic carbocycles. The first-order valence-electron chi connectivity index (χ1n) is 7.36. The molecule has 116 valence electrons. The van der Waals surface area contributed by atoms with Crippen LogP contribution in [0.2, 0.25) is 0 Å². The summed E-state index contributed by atoms with van der Waals surface area (Å²) >= 11 is 0. The van der Waals surface area contributed by atoms with Crippen LogP contribution in [0.5, 0.6) is 0 Å². The zero-order chi connectivity index (χ0) is 15.9. The van der Waals surface area contributed by atoms with Crippen LogP contribution >= 0.6 is 0 Å². The second-order valence-electron chi connectivity index (χ2n) is 5.92. The van der Waals surface area contributed by atoms with Crippen molar-refractivity contribution in [2.24, 2.45) is 0 Å². The maximum absolute atomic E-state index is 13.1. The minimum absolute atomic E-state index is 0.128. The average molecular weight is 302 g/mol. The Balaban J connectivity index is 1.92. The van der Waals surface area contributed by atoms with Gasteiger partial charge < -0.3 is 15.0 Å². The lowest BCUT2D eigenvalue weighted by Crippen LogP contribution is -2.32. The predicted molar refractivity (Wildman–Crippen MR) is 81.1 cm³/mol. The fraction of sp³-hybridized carbons (Fsp3) is 0.353. The van der Waals surface area contributed by atoms with E-state index < -0.39 is 6.10 Å². The average Bonchev–Trinajstić information content (AvgIpc) is 3.01. The van der Waals surface area contributed by atoms with Crippen molar-refractivity contribution in [2.45, 2.75) is 32.4 Å². The number of rotatable bonds is 2. The Bertz CT molecular complexity index is 693. The third kappa shape index (κ3) is 2.64. The van der Waals surface area contributed by atoms with Crippen LogP contribution in [0.3, 0.4) is 0 Å². The number of nitrogens with zero attached hydrogens (tertiary/aromatic N) is 1. The van der Waals surface area contributed by atoms with Crippen molar-refractivity contribution in [1.29, 1.82) is 0 Å². The Morgan fingerprint density at radius 1 is 1.32 bits per heavy atom. The highest BCUT2D eigenvalue weighted by molar-refractivity contribution is 5.94. The number of H-pyrrole nitrogens is 1. The Hall–Kier alpha value is -2.14. The zero-order valence-electron chi connectivity index (χ0n) is 12.6. The summed E-state index contributed by atoms with van der Waals surface area (Å²) in [4.78, 5) is 17.5. The number of amides is 1. The normalized spacial score (nSPS) is 21.4. The number of benzene rings is 1. The molecule has 0 radical (unpaired) electrons. The van der Waals surface area contributed by atoms with Crippen molar-refractivity contribution in [3.8, 4) is 0 Å². The third-order valence-corrected chi connectivity index (χ3v) is 4.16. The molecule has 22 heavy (non-hydrogen) atoms. The van der Waals surface area contributed by atoms with E-state index in [1.165, 1.54) is 12.1 Å². The topological polar surface area (TPSA) is 56.3 Å². The van der Waals surface area contributed by atoms with E-state index in [4.69, 9.17) is 0 Å². The van der Waals surface area contributed by atoms with Crippen LogP contribution in [0.4, 0.5) is 4.39 Å². The van der Waals surface area contributed by atoms with Gasteiger partial charge in [0, 0.05) is 12.2 Å². The summed E-state index contributed by atoms with van der Waals surface area (Å²) in [6.07, 6.45) is -0.0915. The first kappa shape index (κ1) is 14.8. The van der Waals surface area contributed by atoms with Gasteiger partial charge in [-0.2, -0.15) is 0 Å². The fourth-order valence-corrected chi connectivity index (χ4v) is 3.13. The van der Waals surface area contributed by atoms with Crippen molar-refractivity contribution in [3.05, 3.63) is 58.7 Å². The van der Waals surface area contributed by atoms with E-state index >= 15 is 0 Å². The Labute approximate surface area is 128 Å². The van der Waals surface area contributed by atoms with Gasteiger partial charge in [0.05, 0.1) is 12.1 Å². The summed E-state index contributed by atoms with van der Waals surface area (Å²) in [6.45, 7) is 4.08. The van der Waals surface area contributed by atoms with Gasteiger partial charge in [-0.1, -0.05) is 12.1 Å². The summed E-state index contributed by atoms with van der Waals surface area (Å²) in [5.41, 5.74) is 3.21. The van der Waals surface area contributed by atoms with Gasteiger partial charge in [-0.3, -0.25) is 4.79 Å². The first-order chi connectivity index (χ1) is 10.5. The van der Waals surface area contributed by atoms with Crippen LogP contribution in [-0.4, -0.2) is 33.5 Å². The standard InChI is InChI=1S/C17H19FN2O2/c1-10-7-11(2)19-16(10)17(22)20-9-14(21)8-15(20)12-3-5-13(18)6-4-12/h3-7,14-15,19,21H,8-9H2,1-2H3/t14-,15+/m1/s1. The maximum atomic E-state index is 13.1. The lowest BCUT2D eigenvalue weighted by molar-refractivity contribution is 0.0709. The fourth-order valence-electron chi connectivity index (χ4n) is 3.13. The predicted octanol–water partition coefficient (Wildman–Crippen LogP) is 2.72. The zero-order valence-corrected chi connectivity index (χ0v) is 12.6. The second-order valence-corrected chi connectivity index (χ2v) is 5.92. The molecule has 1 saturated heterocycles. The molecule has 1 amide bonds. The largest absolute Gasteiger partial charge is 0.391 e. The molecule has 1 aromatic heterocycles. The first-order valence-corrected chi connectivity index (χ1v) is 7.36. The minimum atomic E-state index is -0.560. The van der Waals surface area contributed by atoms with Gasteiger partial charge >= 0.3 is 0 Å². The summed E-state index contributed by atoms with van der Waals surface area (Å²) in [7, 11) is 0. The number of carbonyl (C=O) groups excluding carboxylic acids is 1. The lowest BCUT2D eigenvalue weighted by Gasteiger charge is -2.24. The molecule has 4 nitrogen and oxygen atoms in total. The highest BCUT2D eigenvalue weighted by atomic mass is 19.1. The highest BCUT2D eigenvalue weighted by Crippen LogP contribution is 2.33. The van der Waals surface area contributed by atoms with Gasteiger partial charge in [0.15, 0.2) is 0 Å². The van der Waals surface area contributed by atoms with Crippen molar-refractivity contribution < 1.29 is 14.3 Å². The summed E-state index contributed by atoms with van der Waals surface area (Å²) in [6, 6.07) is 7.80. The molecular weight excluding hydrogens is 283 g/mol. The molecule has 0 spiro atoms. The third-order valence-electron chi connectivity index (χ3n) is 4.16. The number of halogens is 1. The molecule has 0 unspecified atom stereocenters. The monoisotopic (exact) mass is 302 g/mol. The quantitative estimate of drug-likeness (QED) is 0.896. The Morgan fingerprint density at radius 3 is 2.59 bits per heavy atom. The van der Waals surface area contributed by atoms with E-state index in [2.05, 4.69) is 4.98 Å². The van der Waals surface area contributed by atoms with Gasteiger partial charge in [-0.25, -0.2) is 4.39 Å². The number of hydrogen-bond donors (Lipinski definition) is 2. The van der Waals surface area contributed by atoms with E-state index in [9.17, 15) is 14.3 Å². The van der Waals surface area contributed by atoms with Crippen LogP contribution < -0.4 is 0 Å². The van der Waals surface area contributed by atoms with E-state index in [1.807, 2.05) is 19.9 Å². The maximum Gasteiger partial charge on any atom is 0.271 e. The van der Waals surface area contributed by atoms with Crippen molar-refractivity contribution in [1.82, 2.24) is 9.88 Å². The van der Waals surface area contributed by atoms with Crippen LogP contribution in [0.1, 0.15) is 39.8 Å². The highest BCUT2D eigenvalue weighted by Gasteiger charge is 2.36. The van der Waals surface area contributed by atoms with Crippen LogP contribution in [0.15, 0.2) is 30.3 Å². The number of aliphatic hydroxyl groups is 1. The smallest absolute Gasteiger partial charge is 0.271 e. The van der Waals surface area contributed by atoms with Crippen molar-refractivity contribution >= 4 is 5.91 Å². The number of nitrogens with one attached hydrogen (secondary N) is 1. The number of aliphatic hydroxyl groups excluding tert-OH is 1. The number of likely N-dealkylation sites (tertiary alicyclic amines) is 1. The SMILES string of the molecule is Cc1cc(C)c(C(=O)N2C[C@H](O)C[C@H]2c2ccc(F)cc2)[nH]1. The molecule has 0 aliphatic carbocycles. The van der Waals surface area contributed by atoms with Crippen LogP contribution in [0.25, 0.3) is 0 Å². The number of aromatic amines is 1. The van der Waals surface area contributed by atoms with Crippen molar-refractivity contribution in [3.63, 3.8) is 0 Å². The van der Waals surface area contributed by atoms with E-state index in [0.717, 1.165) is 16.8 Å². The molecule has 2 heterocycles. The van der Waals surface area contributed by atoms with E-state index in [1.54, 1.807) is 17.0 Å². The Kier molecular flexibility index (Phi) is 3.74. The summed E-state index contributed by atoms with van der Waals surface area (Å²) in [5, 5.41) is 9.98. The summed E-state index contributed by atoms with van der Waals surface area (Å²) in [5.74, 6) is -0.438. The molecule has 0 saturated carbocycles. The molecule has 3 rings (SSSR count). The molecule has 1 aliphatic rings. The van der Waals surface area contributed by atoms with E-state index in [0.29, 0.717) is 18.7 Å². The molecule has 2 N–H and O–H groups in total. The number of hydrogen-bond acceptors (Lipinski definition) is 2. The van der Waals surface area contributed by atoms with Gasteiger partial charge in [-0.05, 0) is 49.6 Å². The number of β-amino-alcohol motifs (C(OH)–C–C–N with tert-alkyl or cyclic N) is 1. The molecule has 1 aliphatic heterocycles. The molecule has 2 atom stereocenters. The van der Waals surface area contributed by atoms with Crippen LogP contribution in [0, 0.1) is 19.7 Å². The number of carbonyl (C=O) groups is 1. The molecule has 5 heteroatoms. The van der Waals surface area contributed by atoms with Gasteiger partial charge in [0.25, 0.3) is 5.91 Å². The second kappa shape index (κ2) is 5.57. The van der Waals surface area contributed by atoms with E-state index in [-0.39, 0.29) is 17.8 Å². The minimum Gasteiger partial charge on any atom is -0.391 e. The van der Waals surface area contributed by atoms with Gasteiger partial charge in [0.2, 0.25) is 0 Å². The molecule has 0 bridgehead atoms. The molecular formula is C17H19FN2O2. The Morgan fingerprint density at radius 2 is 2.00 bits per heavy atom. The van der Waals surface area contributed by atoms with Gasteiger partial charge in [0.1, 0.15) is 11.5 Å².